The van der Waals surface area contributed by atoms with Crippen molar-refractivity contribution >= 4 is 28.8 Å². The van der Waals surface area contributed by atoms with Crippen LogP contribution in [-0.4, -0.2) is 37.0 Å². The molecule has 0 spiro atoms. The zero-order chi connectivity index (χ0) is 19.3. The molecule has 140 valence electrons. The van der Waals surface area contributed by atoms with E-state index in [1.54, 1.807) is 0 Å². The van der Waals surface area contributed by atoms with Gasteiger partial charge in [-0.25, -0.2) is 0 Å². The number of fused-ring (bicyclic) bond motifs is 1. The zero-order valence-corrected chi connectivity index (χ0v) is 15.5. The molecule has 26 heavy (non-hydrogen) atoms. The van der Waals surface area contributed by atoms with Crippen LogP contribution in [0.2, 0.25) is 0 Å². The van der Waals surface area contributed by atoms with E-state index in [9.17, 15) is 14.4 Å². The summed E-state index contributed by atoms with van der Waals surface area (Å²) in [4.78, 5) is 35.1. The van der Waals surface area contributed by atoms with Crippen LogP contribution < -0.4 is 10.6 Å². The van der Waals surface area contributed by atoms with Gasteiger partial charge < -0.3 is 19.8 Å². The van der Waals surface area contributed by atoms with E-state index in [1.807, 2.05) is 39.8 Å². The van der Waals surface area contributed by atoms with E-state index >= 15 is 0 Å². The van der Waals surface area contributed by atoms with Crippen LogP contribution >= 0.6 is 0 Å². The Morgan fingerprint density at radius 3 is 2.50 bits per heavy atom. The molecule has 1 aromatic heterocycles. The molecular formula is C19H24N2O5. The highest BCUT2D eigenvalue weighted by Crippen LogP contribution is 2.25. The molecule has 0 aliphatic heterocycles. The van der Waals surface area contributed by atoms with Crippen molar-refractivity contribution in [3.8, 4) is 0 Å². The Bertz CT molecular complexity index is 823. The van der Waals surface area contributed by atoms with Gasteiger partial charge in [-0.05, 0) is 51.0 Å². The minimum Gasteiger partial charge on any atom is -0.464 e. The van der Waals surface area contributed by atoms with Crippen LogP contribution in [0.3, 0.4) is 0 Å². The Morgan fingerprint density at radius 1 is 1.12 bits per heavy atom. The molecule has 0 unspecified atom stereocenters. The minimum absolute atomic E-state index is 0.00515. The van der Waals surface area contributed by atoms with E-state index in [0.717, 1.165) is 16.5 Å². The quantitative estimate of drug-likeness (QED) is 0.734. The smallest absolute Gasteiger partial charge is 0.310 e. The zero-order valence-electron chi connectivity index (χ0n) is 15.5. The van der Waals surface area contributed by atoms with Gasteiger partial charge in [-0.2, -0.15) is 0 Å². The van der Waals surface area contributed by atoms with Crippen molar-refractivity contribution in [3.05, 3.63) is 35.1 Å². The van der Waals surface area contributed by atoms with Crippen LogP contribution in [0.4, 0.5) is 0 Å². The molecule has 1 heterocycles. The summed E-state index contributed by atoms with van der Waals surface area (Å²) in [6.45, 7) is 7.05. The molecular weight excluding hydrogens is 336 g/mol. The Labute approximate surface area is 152 Å². The lowest BCUT2D eigenvalue weighted by Crippen LogP contribution is -2.41. The predicted molar refractivity (Wildman–Crippen MR) is 96.6 cm³/mol. The fourth-order valence-electron chi connectivity index (χ4n) is 2.43. The number of ether oxygens (including phenoxy) is 1. The molecule has 0 aliphatic carbocycles. The molecule has 7 heteroatoms. The molecule has 1 aromatic carbocycles. The van der Waals surface area contributed by atoms with Crippen LogP contribution in [0.1, 0.15) is 30.5 Å². The highest BCUT2D eigenvalue weighted by Gasteiger charge is 2.14. The summed E-state index contributed by atoms with van der Waals surface area (Å²) in [6.07, 6.45) is 1.54. The van der Waals surface area contributed by atoms with E-state index in [1.165, 1.54) is 6.26 Å². The lowest BCUT2D eigenvalue weighted by atomic mass is 10.0. The highest BCUT2D eigenvalue weighted by atomic mass is 16.5. The number of rotatable bonds is 7. The summed E-state index contributed by atoms with van der Waals surface area (Å²) >= 11 is 0. The minimum atomic E-state index is -0.535. The molecule has 7 nitrogen and oxygen atoms in total. The van der Waals surface area contributed by atoms with E-state index in [2.05, 4.69) is 10.6 Å². The number of esters is 1. The van der Waals surface area contributed by atoms with E-state index in [-0.39, 0.29) is 24.9 Å². The summed E-state index contributed by atoms with van der Waals surface area (Å²) < 4.78 is 10.4. The second-order valence-corrected chi connectivity index (χ2v) is 6.53. The van der Waals surface area contributed by atoms with E-state index in [4.69, 9.17) is 9.15 Å². The van der Waals surface area contributed by atoms with Crippen LogP contribution in [0.5, 0.6) is 0 Å². The van der Waals surface area contributed by atoms with Gasteiger partial charge in [-0.1, -0.05) is 0 Å². The number of amides is 2. The van der Waals surface area contributed by atoms with Gasteiger partial charge in [0.1, 0.15) is 5.58 Å². The van der Waals surface area contributed by atoms with Crippen molar-refractivity contribution < 1.29 is 23.5 Å². The van der Waals surface area contributed by atoms with E-state index < -0.39 is 18.5 Å². The number of aryl methyl sites for hydroxylation is 2. The summed E-state index contributed by atoms with van der Waals surface area (Å²) in [7, 11) is 0. The lowest BCUT2D eigenvalue weighted by molar-refractivity contribution is -0.147. The molecule has 0 aliphatic rings. The number of carbonyl (C=O) groups excluding carboxylic acids is 3. The van der Waals surface area contributed by atoms with E-state index in [0.29, 0.717) is 11.1 Å². The predicted octanol–water partition coefficient (Wildman–Crippen LogP) is 1.78. The molecule has 0 bridgehead atoms. The molecule has 0 saturated carbocycles. The molecule has 2 N–H and O–H groups in total. The van der Waals surface area contributed by atoms with Crippen LogP contribution in [-0.2, 0) is 25.5 Å². The first kappa shape index (κ1) is 19.5. The second-order valence-electron chi connectivity index (χ2n) is 6.53. The van der Waals surface area contributed by atoms with Crippen molar-refractivity contribution in [1.82, 2.24) is 10.6 Å². The average Bonchev–Trinajstić information content (AvgIpc) is 2.92. The third kappa shape index (κ3) is 5.34. The van der Waals surface area contributed by atoms with Crippen LogP contribution in [0.25, 0.3) is 11.0 Å². The third-order valence-electron chi connectivity index (χ3n) is 3.86. The van der Waals surface area contributed by atoms with Gasteiger partial charge in [-0.15, -0.1) is 0 Å². The highest BCUT2D eigenvalue weighted by molar-refractivity contribution is 5.88. The third-order valence-corrected chi connectivity index (χ3v) is 3.86. The van der Waals surface area contributed by atoms with Gasteiger partial charge in [0.25, 0.3) is 5.91 Å². The second kappa shape index (κ2) is 8.51. The fourth-order valence-corrected chi connectivity index (χ4v) is 2.43. The van der Waals surface area contributed by atoms with Gasteiger partial charge in [0, 0.05) is 17.0 Å². The Hall–Kier alpha value is -2.83. The van der Waals surface area contributed by atoms with Crippen LogP contribution in [0.15, 0.2) is 22.8 Å². The van der Waals surface area contributed by atoms with Gasteiger partial charge in [0.05, 0.1) is 19.2 Å². The summed E-state index contributed by atoms with van der Waals surface area (Å²) in [5.74, 6) is -1.36. The summed E-state index contributed by atoms with van der Waals surface area (Å²) in [5.41, 5.74) is 3.64. The molecule has 0 atom stereocenters. The molecule has 2 rings (SSSR count). The maximum absolute atomic E-state index is 12.0. The molecule has 0 radical (unpaired) electrons. The fraction of sp³-hybridized carbons (Fsp3) is 0.421. The van der Waals surface area contributed by atoms with Gasteiger partial charge in [0.15, 0.2) is 6.61 Å². The van der Waals surface area contributed by atoms with Crippen molar-refractivity contribution in [3.63, 3.8) is 0 Å². The molecule has 2 amide bonds. The topological polar surface area (TPSA) is 97.6 Å². The molecule has 2 aromatic rings. The number of furan rings is 1. The van der Waals surface area contributed by atoms with Crippen molar-refractivity contribution in [1.29, 1.82) is 0 Å². The number of benzene rings is 1. The first-order valence-electron chi connectivity index (χ1n) is 8.45. The Morgan fingerprint density at radius 2 is 1.81 bits per heavy atom. The monoisotopic (exact) mass is 360 g/mol. The van der Waals surface area contributed by atoms with Crippen molar-refractivity contribution in [2.45, 2.75) is 40.2 Å². The van der Waals surface area contributed by atoms with Crippen molar-refractivity contribution in [2.24, 2.45) is 0 Å². The number of hydrogen-bond donors (Lipinski definition) is 2. The van der Waals surface area contributed by atoms with Gasteiger partial charge in [0.2, 0.25) is 5.91 Å². The SMILES string of the molecule is Cc1cc2occ(CC(=O)OCC(=O)NCC(=O)NC(C)C)c2cc1C. The first-order valence-corrected chi connectivity index (χ1v) is 8.45. The lowest BCUT2D eigenvalue weighted by Gasteiger charge is -2.09. The first-order chi connectivity index (χ1) is 12.3. The maximum Gasteiger partial charge on any atom is 0.310 e. The van der Waals surface area contributed by atoms with Gasteiger partial charge >= 0.3 is 5.97 Å². The van der Waals surface area contributed by atoms with Crippen molar-refractivity contribution in [2.75, 3.05) is 13.2 Å². The standard InChI is InChI=1S/C19H24N2O5/c1-11(2)21-17(22)8-20-18(23)10-26-19(24)7-14-9-25-16-6-13(4)12(3)5-15(14)16/h5-6,9,11H,7-8,10H2,1-4H3,(H,20,23)(H,21,22). The van der Waals surface area contributed by atoms with Crippen LogP contribution in [0, 0.1) is 13.8 Å². The summed E-state index contributed by atoms with van der Waals surface area (Å²) in [6, 6.07) is 3.89. The maximum atomic E-state index is 12.0. The van der Waals surface area contributed by atoms with Gasteiger partial charge in [-0.3, -0.25) is 14.4 Å². The summed E-state index contributed by atoms with van der Waals surface area (Å²) in [5, 5.41) is 5.91. The Balaban J connectivity index is 1.83. The normalized spacial score (nSPS) is 10.8. The number of nitrogens with one attached hydrogen (secondary N) is 2. The molecule has 0 fully saturated rings. The Kier molecular flexibility index (Phi) is 6.38. The average molecular weight is 360 g/mol. The molecule has 0 saturated heterocycles. The number of carbonyl (C=O) groups is 3. The number of hydrogen-bond acceptors (Lipinski definition) is 5. The largest absolute Gasteiger partial charge is 0.464 e.